The van der Waals surface area contributed by atoms with Gasteiger partial charge in [0.15, 0.2) is 0 Å². The molecule has 0 radical (unpaired) electrons. The van der Waals surface area contributed by atoms with Crippen LogP contribution in [0.4, 0.5) is 5.69 Å². The number of carboxylic acid groups (broad SMARTS) is 1. The Bertz CT molecular complexity index is 450. The van der Waals surface area contributed by atoms with Crippen LogP contribution >= 0.6 is 0 Å². The average molecular weight is 289 g/mol. The van der Waals surface area contributed by atoms with E-state index in [9.17, 15) is 4.79 Å². The number of nitrogens with zero attached hydrogens (tertiary/aromatic N) is 1. The van der Waals surface area contributed by atoms with E-state index >= 15 is 0 Å². The molecule has 0 spiro atoms. The van der Waals surface area contributed by atoms with E-state index in [1.165, 1.54) is 49.8 Å². The van der Waals surface area contributed by atoms with Gasteiger partial charge in [-0.05, 0) is 37.3 Å². The van der Waals surface area contributed by atoms with Crippen molar-refractivity contribution in [2.24, 2.45) is 5.92 Å². The average Bonchev–Trinajstić information content (AvgIpc) is 2.72. The second kappa shape index (κ2) is 8.06. The first-order chi connectivity index (χ1) is 10.2. The van der Waals surface area contributed by atoms with Crippen LogP contribution in [0.3, 0.4) is 0 Å². The van der Waals surface area contributed by atoms with Crippen molar-refractivity contribution in [2.45, 2.75) is 51.9 Å². The smallest absolute Gasteiger partial charge is 0.305 e. The highest BCUT2D eigenvalue weighted by atomic mass is 16.4. The SMILES string of the molecule is Cc1ccccc1N(CCC(=O)O)CC1CCCCCC1. The van der Waals surface area contributed by atoms with Gasteiger partial charge >= 0.3 is 5.97 Å². The van der Waals surface area contributed by atoms with E-state index in [-0.39, 0.29) is 6.42 Å². The van der Waals surface area contributed by atoms with Gasteiger partial charge < -0.3 is 10.0 Å². The quantitative estimate of drug-likeness (QED) is 0.796. The van der Waals surface area contributed by atoms with E-state index in [1.807, 2.05) is 12.1 Å². The number of benzene rings is 1. The molecule has 21 heavy (non-hydrogen) atoms. The third-order valence-electron chi connectivity index (χ3n) is 4.51. The van der Waals surface area contributed by atoms with Gasteiger partial charge in [0.05, 0.1) is 6.42 Å². The number of carboxylic acids is 1. The predicted octanol–water partition coefficient (Wildman–Crippen LogP) is 4.25. The van der Waals surface area contributed by atoms with Crippen LogP contribution in [0.1, 0.15) is 50.5 Å². The molecule has 0 atom stereocenters. The minimum atomic E-state index is -0.713. The Hall–Kier alpha value is -1.51. The number of hydrogen-bond acceptors (Lipinski definition) is 2. The molecule has 0 heterocycles. The predicted molar refractivity (Wildman–Crippen MR) is 86.8 cm³/mol. The molecule has 3 heteroatoms. The molecule has 1 aromatic rings. The molecule has 0 unspecified atom stereocenters. The van der Waals surface area contributed by atoms with Gasteiger partial charge in [-0.2, -0.15) is 0 Å². The standard InChI is InChI=1S/C18H27NO2/c1-15-8-6-7-11-17(15)19(13-12-18(20)21)14-16-9-4-2-3-5-10-16/h6-8,11,16H,2-5,9-10,12-14H2,1H3,(H,20,21). The zero-order valence-corrected chi connectivity index (χ0v) is 13.1. The Morgan fingerprint density at radius 2 is 1.86 bits per heavy atom. The van der Waals surface area contributed by atoms with E-state index in [0.717, 1.165) is 6.54 Å². The van der Waals surface area contributed by atoms with E-state index in [4.69, 9.17) is 5.11 Å². The summed E-state index contributed by atoms with van der Waals surface area (Å²) in [5, 5.41) is 9.00. The second-order valence-corrected chi connectivity index (χ2v) is 6.23. The van der Waals surface area contributed by atoms with Gasteiger partial charge in [0, 0.05) is 18.8 Å². The Labute approximate surface area is 128 Å². The molecule has 0 aromatic heterocycles. The van der Waals surface area contributed by atoms with Crippen LogP contribution in [0, 0.1) is 12.8 Å². The highest BCUT2D eigenvalue weighted by molar-refractivity contribution is 5.68. The Morgan fingerprint density at radius 1 is 1.19 bits per heavy atom. The van der Waals surface area contributed by atoms with Crippen LogP contribution in [0.15, 0.2) is 24.3 Å². The second-order valence-electron chi connectivity index (χ2n) is 6.23. The van der Waals surface area contributed by atoms with Crippen molar-refractivity contribution in [3.63, 3.8) is 0 Å². The van der Waals surface area contributed by atoms with Gasteiger partial charge in [0.2, 0.25) is 0 Å². The van der Waals surface area contributed by atoms with Gasteiger partial charge in [-0.25, -0.2) is 0 Å². The number of aryl methyl sites for hydroxylation is 1. The van der Waals surface area contributed by atoms with E-state index in [1.54, 1.807) is 0 Å². The fourth-order valence-corrected chi connectivity index (χ4v) is 3.32. The largest absolute Gasteiger partial charge is 0.481 e. The molecular weight excluding hydrogens is 262 g/mol. The number of anilines is 1. The topological polar surface area (TPSA) is 40.5 Å². The first-order valence-corrected chi connectivity index (χ1v) is 8.19. The molecule has 1 aliphatic rings. The van der Waals surface area contributed by atoms with Gasteiger partial charge in [-0.15, -0.1) is 0 Å². The Morgan fingerprint density at radius 3 is 2.48 bits per heavy atom. The number of rotatable bonds is 6. The van der Waals surface area contributed by atoms with E-state index in [2.05, 4.69) is 24.0 Å². The Kier molecular flexibility index (Phi) is 6.09. The third-order valence-corrected chi connectivity index (χ3v) is 4.51. The lowest BCUT2D eigenvalue weighted by molar-refractivity contribution is -0.136. The van der Waals surface area contributed by atoms with Crippen LogP contribution in [0.25, 0.3) is 0 Å². The van der Waals surface area contributed by atoms with Crippen LogP contribution in [-0.4, -0.2) is 24.2 Å². The van der Waals surface area contributed by atoms with Crippen molar-refractivity contribution in [1.82, 2.24) is 0 Å². The normalized spacial score (nSPS) is 16.4. The molecule has 1 N–H and O–H groups in total. The van der Waals surface area contributed by atoms with Crippen molar-refractivity contribution >= 4 is 11.7 Å². The van der Waals surface area contributed by atoms with E-state index < -0.39 is 5.97 Å². The molecule has 2 rings (SSSR count). The molecule has 1 aliphatic carbocycles. The number of para-hydroxylation sites is 1. The van der Waals surface area contributed by atoms with Crippen LogP contribution in [0.5, 0.6) is 0 Å². The van der Waals surface area contributed by atoms with Gasteiger partial charge in [-0.3, -0.25) is 4.79 Å². The van der Waals surface area contributed by atoms with Crippen LogP contribution in [0.2, 0.25) is 0 Å². The van der Waals surface area contributed by atoms with Gasteiger partial charge in [-0.1, -0.05) is 43.9 Å². The zero-order chi connectivity index (χ0) is 15.1. The molecule has 0 aliphatic heterocycles. The van der Waals surface area contributed by atoms with Crippen molar-refractivity contribution in [3.05, 3.63) is 29.8 Å². The maximum atomic E-state index is 10.9. The minimum absolute atomic E-state index is 0.209. The summed E-state index contributed by atoms with van der Waals surface area (Å²) >= 11 is 0. The summed E-state index contributed by atoms with van der Waals surface area (Å²) in [6, 6.07) is 8.31. The maximum Gasteiger partial charge on any atom is 0.305 e. The monoisotopic (exact) mass is 289 g/mol. The lowest BCUT2D eigenvalue weighted by Crippen LogP contribution is -2.32. The van der Waals surface area contributed by atoms with Crippen LogP contribution < -0.4 is 4.90 Å². The summed E-state index contributed by atoms with van der Waals surface area (Å²) in [6.45, 7) is 3.71. The summed E-state index contributed by atoms with van der Waals surface area (Å²) < 4.78 is 0. The number of hydrogen-bond donors (Lipinski definition) is 1. The van der Waals surface area contributed by atoms with Crippen molar-refractivity contribution in [3.8, 4) is 0 Å². The third kappa shape index (κ3) is 5.07. The summed E-state index contributed by atoms with van der Waals surface area (Å²) in [4.78, 5) is 13.2. The summed E-state index contributed by atoms with van der Waals surface area (Å²) in [6.07, 6.45) is 8.15. The molecule has 0 bridgehead atoms. The first-order valence-electron chi connectivity index (χ1n) is 8.19. The van der Waals surface area contributed by atoms with Gasteiger partial charge in [0.1, 0.15) is 0 Å². The molecule has 116 valence electrons. The van der Waals surface area contributed by atoms with Crippen LogP contribution in [-0.2, 0) is 4.79 Å². The molecule has 0 amide bonds. The van der Waals surface area contributed by atoms with E-state index in [0.29, 0.717) is 12.5 Å². The number of carbonyl (C=O) groups is 1. The Balaban J connectivity index is 2.07. The minimum Gasteiger partial charge on any atom is -0.481 e. The maximum absolute atomic E-state index is 10.9. The molecule has 1 aromatic carbocycles. The summed E-state index contributed by atoms with van der Waals surface area (Å²) in [7, 11) is 0. The van der Waals surface area contributed by atoms with Gasteiger partial charge in [0.25, 0.3) is 0 Å². The zero-order valence-electron chi connectivity index (χ0n) is 13.1. The lowest BCUT2D eigenvalue weighted by atomic mass is 9.99. The number of aliphatic carboxylic acids is 1. The highest BCUT2D eigenvalue weighted by Gasteiger charge is 2.18. The molecule has 1 saturated carbocycles. The highest BCUT2D eigenvalue weighted by Crippen LogP contribution is 2.27. The molecular formula is C18H27NO2. The summed E-state index contributed by atoms with van der Waals surface area (Å²) in [5.41, 5.74) is 2.43. The fraction of sp³-hybridized carbons (Fsp3) is 0.611. The molecule has 0 saturated heterocycles. The fourth-order valence-electron chi connectivity index (χ4n) is 3.32. The lowest BCUT2D eigenvalue weighted by Gasteiger charge is -2.30. The molecule has 3 nitrogen and oxygen atoms in total. The van der Waals surface area contributed by atoms with Crippen molar-refractivity contribution in [2.75, 3.05) is 18.0 Å². The summed E-state index contributed by atoms with van der Waals surface area (Å²) in [5.74, 6) is -0.00430. The molecule has 1 fully saturated rings. The van der Waals surface area contributed by atoms with Crippen molar-refractivity contribution in [1.29, 1.82) is 0 Å². The van der Waals surface area contributed by atoms with Crippen molar-refractivity contribution < 1.29 is 9.90 Å². The first kappa shape index (κ1) is 15.9.